The van der Waals surface area contributed by atoms with Crippen LogP contribution in [0, 0.1) is 28.6 Å². The number of ether oxygens (including phenoxy) is 1. The van der Waals surface area contributed by atoms with E-state index < -0.39 is 11.9 Å². The minimum atomic E-state index is -0.962. The quantitative estimate of drug-likeness (QED) is 0.454. The van der Waals surface area contributed by atoms with E-state index in [4.69, 9.17) is 10.5 Å². The topological polar surface area (TPSA) is 90.9 Å². The molecule has 0 aromatic rings. The number of carbonyl (C=O) groups excluding carboxylic acids is 2. The van der Waals surface area contributed by atoms with E-state index in [9.17, 15) is 9.59 Å². The molecule has 0 rings (SSSR count). The first-order valence-corrected chi connectivity index (χ1v) is 3.54. The molecule has 0 aliphatic carbocycles. The minimum Gasteiger partial charge on any atom is -0.463 e. The largest absolute Gasteiger partial charge is 0.463 e. The lowest BCUT2D eigenvalue weighted by Gasteiger charge is -2.01. The van der Waals surface area contributed by atoms with Crippen LogP contribution in [-0.2, 0) is 14.3 Å². The third-order valence-corrected chi connectivity index (χ3v) is 1.12. The Bertz CT molecular complexity index is 271. The van der Waals surface area contributed by atoms with E-state index in [2.05, 4.69) is 4.74 Å². The van der Waals surface area contributed by atoms with Gasteiger partial charge in [-0.2, -0.15) is 10.5 Å². The van der Waals surface area contributed by atoms with Gasteiger partial charge in [0.1, 0.15) is 18.8 Å². The number of ketones is 1. The van der Waals surface area contributed by atoms with E-state index in [1.54, 1.807) is 12.1 Å². The molecular formula is C8H8N2O3. The van der Waals surface area contributed by atoms with Crippen molar-refractivity contribution < 1.29 is 14.3 Å². The van der Waals surface area contributed by atoms with E-state index in [1.807, 2.05) is 0 Å². The monoisotopic (exact) mass is 180 g/mol. The van der Waals surface area contributed by atoms with E-state index in [0.717, 1.165) is 0 Å². The lowest BCUT2D eigenvalue weighted by atomic mass is 10.2. The molecule has 5 nitrogen and oxygen atoms in total. The van der Waals surface area contributed by atoms with Crippen LogP contribution < -0.4 is 0 Å². The molecule has 0 aromatic carbocycles. The highest BCUT2D eigenvalue weighted by atomic mass is 16.5. The van der Waals surface area contributed by atoms with Crippen molar-refractivity contribution in [1.82, 2.24) is 0 Å². The summed E-state index contributed by atoms with van der Waals surface area (Å²) >= 11 is 0. The van der Waals surface area contributed by atoms with Crippen LogP contribution in [0.5, 0.6) is 0 Å². The molecule has 0 aromatic heterocycles. The zero-order valence-electron chi connectivity index (χ0n) is 7.11. The molecular weight excluding hydrogens is 172 g/mol. The second-order valence-electron chi connectivity index (χ2n) is 2.37. The van der Waals surface area contributed by atoms with Gasteiger partial charge in [0.2, 0.25) is 0 Å². The lowest BCUT2D eigenvalue weighted by Crippen LogP contribution is -2.13. The van der Waals surface area contributed by atoms with Crippen LogP contribution in [0.3, 0.4) is 0 Å². The maximum Gasteiger partial charge on any atom is 0.313 e. The van der Waals surface area contributed by atoms with Gasteiger partial charge in [0, 0.05) is 0 Å². The third kappa shape index (κ3) is 5.40. The molecule has 0 unspecified atom stereocenters. The zero-order valence-corrected chi connectivity index (χ0v) is 7.11. The van der Waals surface area contributed by atoms with Gasteiger partial charge >= 0.3 is 5.97 Å². The highest BCUT2D eigenvalue weighted by Gasteiger charge is 2.11. The van der Waals surface area contributed by atoms with Gasteiger partial charge in [-0.1, -0.05) is 0 Å². The maximum absolute atomic E-state index is 10.7. The Hall–Kier alpha value is -1.88. The van der Waals surface area contributed by atoms with E-state index in [1.165, 1.54) is 6.92 Å². The van der Waals surface area contributed by atoms with E-state index in [0.29, 0.717) is 0 Å². The molecule has 68 valence electrons. The Morgan fingerprint density at radius 2 is 1.92 bits per heavy atom. The first kappa shape index (κ1) is 11.1. The molecule has 0 N–H and O–H groups in total. The van der Waals surface area contributed by atoms with Gasteiger partial charge < -0.3 is 4.74 Å². The number of hydrogen-bond acceptors (Lipinski definition) is 5. The van der Waals surface area contributed by atoms with Gasteiger partial charge in [0.25, 0.3) is 0 Å². The van der Waals surface area contributed by atoms with Gasteiger partial charge in [-0.05, 0) is 6.92 Å². The second kappa shape index (κ2) is 5.73. The van der Waals surface area contributed by atoms with Crippen molar-refractivity contribution in [3.63, 3.8) is 0 Å². The van der Waals surface area contributed by atoms with Gasteiger partial charge in [-0.3, -0.25) is 9.59 Å². The Kier molecular flexibility index (Phi) is 4.90. The number of nitriles is 2. The van der Waals surface area contributed by atoms with Gasteiger partial charge in [-0.25, -0.2) is 0 Å². The molecule has 0 atom stereocenters. The van der Waals surface area contributed by atoms with Crippen molar-refractivity contribution in [2.24, 2.45) is 5.92 Å². The van der Waals surface area contributed by atoms with Crippen LogP contribution in [0.15, 0.2) is 0 Å². The summed E-state index contributed by atoms with van der Waals surface area (Å²) in [6, 6.07) is 3.27. The molecule has 0 aliphatic heterocycles. The second-order valence-corrected chi connectivity index (χ2v) is 2.37. The smallest absolute Gasteiger partial charge is 0.313 e. The molecule has 0 spiro atoms. The van der Waals surface area contributed by atoms with Crippen LogP contribution in [-0.4, -0.2) is 18.4 Å². The summed E-state index contributed by atoms with van der Waals surface area (Å²) in [7, 11) is 0. The summed E-state index contributed by atoms with van der Waals surface area (Å²) in [5, 5.41) is 16.6. The molecule has 0 aliphatic rings. The zero-order chi connectivity index (χ0) is 10.3. The predicted octanol–water partition coefficient (Wildman–Crippen LogP) is 0.172. The molecule has 13 heavy (non-hydrogen) atoms. The van der Waals surface area contributed by atoms with Gasteiger partial charge in [-0.15, -0.1) is 0 Å². The molecule has 5 heteroatoms. The fourth-order valence-corrected chi connectivity index (χ4v) is 0.534. The van der Waals surface area contributed by atoms with Gasteiger partial charge in [0.05, 0.1) is 12.1 Å². The van der Waals surface area contributed by atoms with Crippen molar-refractivity contribution >= 4 is 11.8 Å². The summed E-state index contributed by atoms with van der Waals surface area (Å²) in [5.41, 5.74) is 0. The Balaban J connectivity index is 3.78. The first-order valence-electron chi connectivity index (χ1n) is 3.54. The highest BCUT2D eigenvalue weighted by Crippen LogP contribution is 1.95. The van der Waals surface area contributed by atoms with Crippen molar-refractivity contribution in [1.29, 1.82) is 10.5 Å². The molecule has 0 saturated heterocycles. The fourth-order valence-electron chi connectivity index (χ4n) is 0.534. The number of esters is 1. The number of nitrogens with zero attached hydrogens (tertiary/aromatic N) is 2. The van der Waals surface area contributed by atoms with Crippen molar-refractivity contribution in [3.8, 4) is 12.1 Å². The lowest BCUT2D eigenvalue weighted by molar-refractivity contribution is -0.146. The average Bonchev–Trinajstić information content (AvgIpc) is 2.05. The maximum atomic E-state index is 10.7. The number of hydrogen-bond donors (Lipinski definition) is 0. The summed E-state index contributed by atoms with van der Waals surface area (Å²) in [6.07, 6.45) is -0.316. The fraction of sp³-hybridized carbons (Fsp3) is 0.500. The van der Waals surface area contributed by atoms with Gasteiger partial charge in [0.15, 0.2) is 5.92 Å². The van der Waals surface area contributed by atoms with Crippen molar-refractivity contribution in [2.45, 2.75) is 13.3 Å². The van der Waals surface area contributed by atoms with Crippen molar-refractivity contribution in [3.05, 3.63) is 0 Å². The molecule has 0 amide bonds. The molecule has 0 radical (unpaired) electrons. The molecule has 0 fully saturated rings. The molecule has 0 saturated carbocycles. The third-order valence-electron chi connectivity index (χ3n) is 1.12. The predicted molar refractivity (Wildman–Crippen MR) is 41.0 cm³/mol. The number of Topliss-reactive ketones (excluding diaryl/α,β-unsaturated/α-hetero) is 1. The standard InChI is InChI=1S/C8H8N2O3/c1-6(11)2-8(12)13-5-7(3-9)4-10/h7H,2,5H2,1H3. The normalized spacial score (nSPS) is 8.62. The van der Waals surface area contributed by atoms with E-state index >= 15 is 0 Å². The minimum absolute atomic E-state index is 0.279. The average molecular weight is 180 g/mol. The number of rotatable bonds is 4. The van der Waals surface area contributed by atoms with Crippen molar-refractivity contribution in [2.75, 3.05) is 6.61 Å². The first-order chi connectivity index (χ1) is 6.10. The van der Waals surface area contributed by atoms with Crippen LogP contribution in [0.25, 0.3) is 0 Å². The Morgan fingerprint density at radius 1 is 1.38 bits per heavy atom. The highest BCUT2D eigenvalue weighted by molar-refractivity contribution is 5.94. The summed E-state index contributed by atoms with van der Waals surface area (Å²) in [5.74, 6) is -1.98. The summed E-state index contributed by atoms with van der Waals surface area (Å²) < 4.78 is 4.49. The van der Waals surface area contributed by atoms with Crippen LogP contribution >= 0.6 is 0 Å². The van der Waals surface area contributed by atoms with Crippen LogP contribution in [0.2, 0.25) is 0 Å². The Labute approximate surface area is 75.5 Å². The molecule has 0 bridgehead atoms. The molecule has 0 heterocycles. The van der Waals surface area contributed by atoms with Crippen LogP contribution in [0.1, 0.15) is 13.3 Å². The summed E-state index contributed by atoms with van der Waals surface area (Å²) in [4.78, 5) is 21.1. The SMILES string of the molecule is CC(=O)CC(=O)OCC(C#N)C#N. The summed E-state index contributed by atoms with van der Waals surface area (Å²) in [6.45, 7) is 0.979. The van der Waals surface area contributed by atoms with E-state index in [-0.39, 0.29) is 18.8 Å². The Morgan fingerprint density at radius 3 is 2.31 bits per heavy atom. The van der Waals surface area contributed by atoms with Crippen LogP contribution in [0.4, 0.5) is 0 Å². The number of carbonyl (C=O) groups is 2.